The molecule has 92 valence electrons. The fourth-order valence-electron chi connectivity index (χ4n) is 1.74. The van der Waals surface area contributed by atoms with Gasteiger partial charge in [0.1, 0.15) is 5.52 Å². The number of hydrogen-bond acceptors (Lipinski definition) is 4. The molecule has 7 heteroatoms. The van der Waals surface area contributed by atoms with E-state index in [2.05, 4.69) is 41.8 Å². The van der Waals surface area contributed by atoms with Crippen molar-refractivity contribution in [1.29, 1.82) is 0 Å². The molecule has 2 N–H and O–H groups in total. The molecule has 0 aromatic carbocycles. The summed E-state index contributed by atoms with van der Waals surface area (Å²) in [4.78, 5) is 9.90. The van der Waals surface area contributed by atoms with Crippen molar-refractivity contribution in [3.8, 4) is 0 Å². The molecule has 0 aliphatic carbocycles. The number of fused-ring (bicyclic) bond motifs is 1. The molecule has 0 unspecified atom stereocenters. The third-order valence-electron chi connectivity index (χ3n) is 2.57. The van der Waals surface area contributed by atoms with Crippen molar-refractivity contribution < 1.29 is 0 Å². The number of aromatic nitrogens is 3. The predicted octanol–water partition coefficient (Wildman–Crippen LogP) is 3.65. The van der Waals surface area contributed by atoms with Crippen molar-refractivity contribution >= 4 is 60.3 Å². The highest BCUT2D eigenvalue weighted by atomic mass is 79.9. The van der Waals surface area contributed by atoms with E-state index in [1.54, 1.807) is 17.5 Å². The largest absolute Gasteiger partial charge is 0.369 e. The van der Waals surface area contributed by atoms with Crippen LogP contribution < -0.4 is 5.73 Å². The molecule has 0 radical (unpaired) electrons. The van der Waals surface area contributed by atoms with E-state index in [-0.39, 0.29) is 0 Å². The van der Waals surface area contributed by atoms with Gasteiger partial charge in [0.25, 0.3) is 0 Å². The van der Waals surface area contributed by atoms with E-state index in [0.29, 0.717) is 12.5 Å². The molecule has 3 rings (SSSR count). The van der Waals surface area contributed by atoms with Crippen LogP contribution in [-0.2, 0) is 6.54 Å². The number of rotatable bonds is 2. The van der Waals surface area contributed by atoms with Crippen molar-refractivity contribution in [2.24, 2.45) is 0 Å². The standard InChI is InChI=1S/C11H8Br2N4S/c12-6-3-8-10(15-4-6)17(11(14)16-8)5-9-7(13)1-2-18-9/h1-4H,5H2,(H2,14,16). The Balaban J connectivity index is 2.11. The minimum atomic E-state index is 0.482. The fraction of sp³-hybridized carbons (Fsp3) is 0.0909. The summed E-state index contributed by atoms with van der Waals surface area (Å²) in [6, 6.07) is 3.94. The van der Waals surface area contributed by atoms with Crippen molar-refractivity contribution in [3.63, 3.8) is 0 Å². The van der Waals surface area contributed by atoms with Gasteiger partial charge >= 0.3 is 0 Å². The Kier molecular flexibility index (Phi) is 3.13. The number of nitrogens with zero attached hydrogens (tertiary/aromatic N) is 3. The summed E-state index contributed by atoms with van der Waals surface area (Å²) in [5, 5.41) is 2.04. The number of hydrogen-bond donors (Lipinski definition) is 1. The van der Waals surface area contributed by atoms with Crippen molar-refractivity contribution in [3.05, 3.63) is 37.5 Å². The first kappa shape index (κ1) is 12.1. The minimum Gasteiger partial charge on any atom is -0.369 e. The molecule has 0 fully saturated rings. The van der Waals surface area contributed by atoms with Crippen molar-refractivity contribution in [1.82, 2.24) is 14.5 Å². The van der Waals surface area contributed by atoms with E-state index in [4.69, 9.17) is 5.73 Å². The summed E-state index contributed by atoms with van der Waals surface area (Å²) in [5.41, 5.74) is 7.56. The molecule has 0 aliphatic rings. The van der Waals surface area contributed by atoms with Gasteiger partial charge in [-0.3, -0.25) is 4.57 Å². The van der Waals surface area contributed by atoms with Gasteiger partial charge in [-0.1, -0.05) is 0 Å². The molecule has 0 spiro atoms. The SMILES string of the molecule is Nc1nc2cc(Br)cnc2n1Cc1sccc1Br. The van der Waals surface area contributed by atoms with Crippen molar-refractivity contribution in [2.75, 3.05) is 5.73 Å². The minimum absolute atomic E-state index is 0.482. The fourth-order valence-corrected chi connectivity index (χ4v) is 3.53. The predicted molar refractivity (Wildman–Crippen MR) is 80.8 cm³/mol. The van der Waals surface area contributed by atoms with Crippen LogP contribution in [0, 0.1) is 0 Å². The molecule has 18 heavy (non-hydrogen) atoms. The Hall–Kier alpha value is -0.920. The van der Waals surface area contributed by atoms with E-state index in [0.717, 1.165) is 20.1 Å². The van der Waals surface area contributed by atoms with Crippen LogP contribution in [0.15, 0.2) is 32.7 Å². The summed E-state index contributed by atoms with van der Waals surface area (Å²) in [6.07, 6.45) is 1.75. The molecule has 0 bridgehead atoms. The van der Waals surface area contributed by atoms with Crippen molar-refractivity contribution in [2.45, 2.75) is 6.54 Å². The zero-order valence-corrected chi connectivity index (χ0v) is 13.1. The highest BCUT2D eigenvalue weighted by molar-refractivity contribution is 9.10. The van der Waals surface area contributed by atoms with Gasteiger partial charge in [-0.05, 0) is 49.4 Å². The third-order valence-corrected chi connectivity index (χ3v) is 4.92. The Morgan fingerprint density at radius 2 is 2.22 bits per heavy atom. The highest BCUT2D eigenvalue weighted by Crippen LogP contribution is 2.26. The first-order valence-electron chi connectivity index (χ1n) is 5.14. The van der Waals surface area contributed by atoms with E-state index in [9.17, 15) is 0 Å². The second-order valence-corrected chi connectivity index (χ2v) is 6.51. The third kappa shape index (κ3) is 2.06. The zero-order valence-electron chi connectivity index (χ0n) is 9.10. The lowest BCUT2D eigenvalue weighted by Crippen LogP contribution is -2.04. The van der Waals surface area contributed by atoms with Crippen LogP contribution >= 0.6 is 43.2 Å². The van der Waals surface area contributed by atoms with Crippen LogP contribution in [0.5, 0.6) is 0 Å². The van der Waals surface area contributed by atoms with Gasteiger partial charge < -0.3 is 5.73 Å². The first-order chi connectivity index (χ1) is 8.65. The lowest BCUT2D eigenvalue weighted by molar-refractivity contribution is 0.838. The normalized spacial score (nSPS) is 11.2. The van der Waals surface area contributed by atoms with Gasteiger partial charge in [0, 0.05) is 20.0 Å². The number of nitrogens with two attached hydrogens (primary N) is 1. The van der Waals surface area contributed by atoms with Crippen LogP contribution in [0.4, 0.5) is 5.95 Å². The van der Waals surface area contributed by atoms with Crippen LogP contribution in [0.2, 0.25) is 0 Å². The Bertz CT molecular complexity index is 719. The first-order valence-corrected chi connectivity index (χ1v) is 7.61. The van der Waals surface area contributed by atoms with Crippen LogP contribution in [0.3, 0.4) is 0 Å². The molecular weight excluding hydrogens is 380 g/mol. The quantitative estimate of drug-likeness (QED) is 0.730. The maximum absolute atomic E-state index is 5.96. The molecule has 0 amide bonds. The van der Waals surface area contributed by atoms with Gasteiger partial charge in [-0.15, -0.1) is 11.3 Å². The highest BCUT2D eigenvalue weighted by Gasteiger charge is 2.12. The van der Waals surface area contributed by atoms with E-state index >= 15 is 0 Å². The smallest absolute Gasteiger partial charge is 0.202 e. The zero-order chi connectivity index (χ0) is 12.7. The summed E-state index contributed by atoms with van der Waals surface area (Å²) >= 11 is 8.58. The molecule has 3 aromatic rings. The molecule has 0 saturated carbocycles. The molecule has 0 aliphatic heterocycles. The van der Waals surface area contributed by atoms with Gasteiger partial charge in [-0.25, -0.2) is 9.97 Å². The second kappa shape index (κ2) is 4.64. The molecule has 4 nitrogen and oxygen atoms in total. The van der Waals surface area contributed by atoms with Crippen LogP contribution in [-0.4, -0.2) is 14.5 Å². The summed E-state index contributed by atoms with van der Waals surface area (Å²) in [6.45, 7) is 0.676. The Labute approximate surface area is 124 Å². The molecule has 3 heterocycles. The lowest BCUT2D eigenvalue weighted by Gasteiger charge is -2.04. The summed E-state index contributed by atoms with van der Waals surface area (Å²) in [7, 11) is 0. The van der Waals surface area contributed by atoms with Gasteiger partial charge in [0.2, 0.25) is 5.95 Å². The van der Waals surface area contributed by atoms with E-state index in [1.165, 1.54) is 4.88 Å². The Morgan fingerprint density at radius 3 is 2.94 bits per heavy atom. The number of thiophene rings is 1. The topological polar surface area (TPSA) is 56.7 Å². The second-order valence-electron chi connectivity index (χ2n) is 3.74. The summed E-state index contributed by atoms with van der Waals surface area (Å²) < 4.78 is 3.90. The van der Waals surface area contributed by atoms with E-state index in [1.807, 2.05) is 22.1 Å². The number of anilines is 1. The molecular formula is C11H8Br2N4S. The molecule has 3 aromatic heterocycles. The molecule has 0 atom stereocenters. The Morgan fingerprint density at radius 1 is 1.39 bits per heavy atom. The average molecular weight is 388 g/mol. The van der Waals surface area contributed by atoms with E-state index < -0.39 is 0 Å². The van der Waals surface area contributed by atoms with Gasteiger partial charge in [0.15, 0.2) is 5.65 Å². The number of imidazole rings is 1. The number of nitrogen functional groups attached to an aromatic ring is 1. The average Bonchev–Trinajstić information content (AvgIpc) is 2.85. The van der Waals surface area contributed by atoms with Crippen LogP contribution in [0.1, 0.15) is 4.88 Å². The van der Waals surface area contributed by atoms with Gasteiger partial charge in [0.05, 0.1) is 6.54 Å². The lowest BCUT2D eigenvalue weighted by atomic mass is 10.4. The van der Waals surface area contributed by atoms with Crippen LogP contribution in [0.25, 0.3) is 11.2 Å². The number of pyridine rings is 1. The number of halogens is 2. The monoisotopic (exact) mass is 386 g/mol. The maximum Gasteiger partial charge on any atom is 0.202 e. The summed E-state index contributed by atoms with van der Waals surface area (Å²) in [5.74, 6) is 0.482. The molecule has 0 saturated heterocycles. The van der Waals surface area contributed by atoms with Gasteiger partial charge in [-0.2, -0.15) is 0 Å². The maximum atomic E-state index is 5.96.